The molecule has 0 radical (unpaired) electrons. The zero-order valence-corrected chi connectivity index (χ0v) is 14.1. The Labute approximate surface area is 145 Å². The first-order valence-corrected chi connectivity index (χ1v) is 8.19. The first-order chi connectivity index (χ1) is 11.7. The standard InChI is InChI=1S/C18H18ClNO4/c1-2-22-15-7-4-3-6-12(15)18(21)20-14-11-17-16(10-13(14)19)23-8-5-9-24-17/h3-4,6-7,10-11H,2,5,8-9H2,1H3,(H,20,21). The number of anilines is 1. The Bertz CT molecular complexity index is 748. The largest absolute Gasteiger partial charge is 0.493 e. The predicted molar refractivity (Wildman–Crippen MR) is 92.6 cm³/mol. The highest BCUT2D eigenvalue weighted by molar-refractivity contribution is 6.34. The summed E-state index contributed by atoms with van der Waals surface area (Å²) in [6, 6.07) is 10.4. The zero-order chi connectivity index (χ0) is 16.9. The van der Waals surface area contributed by atoms with Crippen LogP contribution in [0.5, 0.6) is 17.2 Å². The van der Waals surface area contributed by atoms with E-state index in [-0.39, 0.29) is 5.91 Å². The van der Waals surface area contributed by atoms with Crippen LogP contribution in [0.2, 0.25) is 5.02 Å². The summed E-state index contributed by atoms with van der Waals surface area (Å²) in [5, 5.41) is 3.20. The van der Waals surface area contributed by atoms with Crippen LogP contribution < -0.4 is 19.5 Å². The van der Waals surface area contributed by atoms with Gasteiger partial charge in [-0.3, -0.25) is 4.79 Å². The molecule has 1 N–H and O–H groups in total. The van der Waals surface area contributed by atoms with E-state index >= 15 is 0 Å². The lowest BCUT2D eigenvalue weighted by atomic mass is 10.1. The van der Waals surface area contributed by atoms with Crippen LogP contribution in [-0.4, -0.2) is 25.7 Å². The van der Waals surface area contributed by atoms with Crippen LogP contribution in [0.4, 0.5) is 5.69 Å². The number of benzene rings is 2. The highest BCUT2D eigenvalue weighted by Crippen LogP contribution is 2.38. The topological polar surface area (TPSA) is 56.8 Å². The Balaban J connectivity index is 1.86. The summed E-state index contributed by atoms with van der Waals surface area (Å²) in [5.41, 5.74) is 0.916. The number of hydrogen-bond donors (Lipinski definition) is 1. The molecule has 1 aliphatic rings. The zero-order valence-electron chi connectivity index (χ0n) is 13.3. The van der Waals surface area contributed by atoms with Crippen molar-refractivity contribution >= 4 is 23.2 Å². The number of carbonyl (C=O) groups excluding carboxylic acids is 1. The van der Waals surface area contributed by atoms with Crippen molar-refractivity contribution in [3.8, 4) is 17.2 Å². The van der Waals surface area contributed by atoms with Crippen LogP contribution in [0.1, 0.15) is 23.7 Å². The van der Waals surface area contributed by atoms with E-state index in [9.17, 15) is 4.79 Å². The minimum Gasteiger partial charge on any atom is -0.493 e. The monoisotopic (exact) mass is 347 g/mol. The maximum absolute atomic E-state index is 12.6. The van der Waals surface area contributed by atoms with Crippen LogP contribution in [0, 0.1) is 0 Å². The van der Waals surface area contributed by atoms with E-state index in [0.29, 0.717) is 53.3 Å². The van der Waals surface area contributed by atoms with Crippen molar-refractivity contribution in [3.05, 3.63) is 47.0 Å². The van der Waals surface area contributed by atoms with Crippen LogP contribution in [-0.2, 0) is 0 Å². The summed E-state index contributed by atoms with van der Waals surface area (Å²) in [7, 11) is 0. The van der Waals surface area contributed by atoms with Gasteiger partial charge in [-0.2, -0.15) is 0 Å². The Morgan fingerprint density at radius 2 is 1.92 bits per heavy atom. The first-order valence-electron chi connectivity index (χ1n) is 7.81. The molecule has 0 aromatic heterocycles. The van der Waals surface area contributed by atoms with Gasteiger partial charge in [0.15, 0.2) is 11.5 Å². The summed E-state index contributed by atoms with van der Waals surface area (Å²) < 4.78 is 16.7. The van der Waals surface area contributed by atoms with Crippen molar-refractivity contribution in [2.24, 2.45) is 0 Å². The van der Waals surface area contributed by atoms with Gasteiger partial charge in [0.25, 0.3) is 5.91 Å². The third-order valence-electron chi connectivity index (χ3n) is 3.52. The second-order valence-electron chi connectivity index (χ2n) is 5.21. The van der Waals surface area contributed by atoms with Gasteiger partial charge in [0.05, 0.1) is 36.1 Å². The van der Waals surface area contributed by atoms with Crippen LogP contribution in [0.25, 0.3) is 0 Å². The number of fused-ring (bicyclic) bond motifs is 1. The quantitative estimate of drug-likeness (QED) is 0.902. The second-order valence-corrected chi connectivity index (χ2v) is 5.62. The smallest absolute Gasteiger partial charge is 0.259 e. The normalized spacial score (nSPS) is 13.1. The van der Waals surface area contributed by atoms with Gasteiger partial charge < -0.3 is 19.5 Å². The van der Waals surface area contributed by atoms with Gasteiger partial charge in [0.2, 0.25) is 0 Å². The third-order valence-corrected chi connectivity index (χ3v) is 3.83. The van der Waals surface area contributed by atoms with E-state index in [2.05, 4.69) is 5.32 Å². The van der Waals surface area contributed by atoms with Gasteiger partial charge in [0.1, 0.15) is 5.75 Å². The van der Waals surface area contributed by atoms with E-state index < -0.39 is 0 Å². The summed E-state index contributed by atoms with van der Waals surface area (Å²) in [6.45, 7) is 3.50. The average molecular weight is 348 g/mol. The summed E-state index contributed by atoms with van der Waals surface area (Å²) in [4.78, 5) is 12.6. The molecule has 2 aromatic carbocycles. The number of hydrogen-bond acceptors (Lipinski definition) is 4. The molecule has 3 rings (SSSR count). The molecule has 0 atom stereocenters. The number of para-hydroxylation sites is 1. The summed E-state index contributed by atoms with van der Waals surface area (Å²) in [5.74, 6) is 1.40. The Morgan fingerprint density at radius 1 is 1.21 bits per heavy atom. The number of carbonyl (C=O) groups is 1. The molecule has 126 valence electrons. The summed E-state index contributed by atoms with van der Waals surface area (Å²) in [6.07, 6.45) is 0.801. The molecule has 24 heavy (non-hydrogen) atoms. The molecule has 1 aliphatic heterocycles. The fourth-order valence-electron chi connectivity index (χ4n) is 2.40. The van der Waals surface area contributed by atoms with Gasteiger partial charge in [-0.15, -0.1) is 0 Å². The van der Waals surface area contributed by atoms with Crippen LogP contribution in [0.15, 0.2) is 36.4 Å². The summed E-state index contributed by atoms with van der Waals surface area (Å²) >= 11 is 6.27. The number of rotatable bonds is 4. The van der Waals surface area contributed by atoms with E-state index in [0.717, 1.165) is 6.42 Å². The molecule has 0 bridgehead atoms. The van der Waals surface area contributed by atoms with E-state index in [1.54, 1.807) is 30.3 Å². The minimum atomic E-state index is -0.296. The van der Waals surface area contributed by atoms with Crippen molar-refractivity contribution in [2.75, 3.05) is 25.1 Å². The van der Waals surface area contributed by atoms with Crippen molar-refractivity contribution < 1.29 is 19.0 Å². The molecule has 5 nitrogen and oxygen atoms in total. The van der Waals surface area contributed by atoms with Crippen molar-refractivity contribution in [1.29, 1.82) is 0 Å². The lowest BCUT2D eigenvalue weighted by Crippen LogP contribution is -2.14. The molecule has 0 unspecified atom stereocenters. The highest BCUT2D eigenvalue weighted by atomic mass is 35.5. The maximum atomic E-state index is 12.6. The lowest BCUT2D eigenvalue weighted by molar-refractivity contribution is 0.102. The first kappa shape index (κ1) is 16.5. The molecule has 0 saturated heterocycles. The van der Waals surface area contributed by atoms with Gasteiger partial charge >= 0.3 is 0 Å². The number of ether oxygens (including phenoxy) is 3. The average Bonchev–Trinajstić information content (AvgIpc) is 2.81. The van der Waals surface area contributed by atoms with Crippen molar-refractivity contribution in [3.63, 3.8) is 0 Å². The molecule has 0 saturated carbocycles. The molecule has 6 heteroatoms. The maximum Gasteiger partial charge on any atom is 0.259 e. The molecule has 1 heterocycles. The molecular weight excluding hydrogens is 330 g/mol. The van der Waals surface area contributed by atoms with E-state index in [4.69, 9.17) is 25.8 Å². The Kier molecular flexibility index (Phi) is 5.11. The van der Waals surface area contributed by atoms with Gasteiger partial charge in [-0.05, 0) is 19.1 Å². The van der Waals surface area contributed by atoms with Gasteiger partial charge in [0, 0.05) is 18.6 Å². The van der Waals surface area contributed by atoms with Crippen LogP contribution in [0.3, 0.4) is 0 Å². The highest BCUT2D eigenvalue weighted by Gasteiger charge is 2.17. The minimum absolute atomic E-state index is 0.296. The number of halogens is 1. The van der Waals surface area contributed by atoms with Crippen molar-refractivity contribution in [2.45, 2.75) is 13.3 Å². The Hall–Kier alpha value is -2.40. The third kappa shape index (κ3) is 3.57. The number of amides is 1. The molecule has 0 spiro atoms. The van der Waals surface area contributed by atoms with E-state index in [1.165, 1.54) is 0 Å². The van der Waals surface area contributed by atoms with Crippen LogP contribution >= 0.6 is 11.6 Å². The lowest BCUT2D eigenvalue weighted by Gasteiger charge is -2.14. The van der Waals surface area contributed by atoms with Crippen molar-refractivity contribution in [1.82, 2.24) is 0 Å². The van der Waals surface area contributed by atoms with Gasteiger partial charge in [-0.25, -0.2) is 0 Å². The molecule has 0 aliphatic carbocycles. The molecular formula is C18H18ClNO4. The second kappa shape index (κ2) is 7.45. The number of nitrogens with one attached hydrogen (secondary N) is 1. The van der Waals surface area contributed by atoms with E-state index in [1.807, 2.05) is 13.0 Å². The SMILES string of the molecule is CCOc1ccccc1C(=O)Nc1cc2c(cc1Cl)OCCCO2. The molecule has 1 amide bonds. The Morgan fingerprint density at radius 3 is 2.67 bits per heavy atom. The fraction of sp³-hybridized carbons (Fsp3) is 0.278. The fourth-order valence-corrected chi connectivity index (χ4v) is 2.61. The molecule has 2 aromatic rings. The van der Waals surface area contributed by atoms with Gasteiger partial charge in [-0.1, -0.05) is 23.7 Å². The predicted octanol–water partition coefficient (Wildman–Crippen LogP) is 4.15. The molecule has 0 fully saturated rings.